The number of aryl methyl sites for hydroxylation is 1. The zero-order valence-corrected chi connectivity index (χ0v) is 12.0. The number of hydrogen-bond donors (Lipinski definition) is 0. The first-order valence-corrected chi connectivity index (χ1v) is 6.89. The van der Waals surface area contributed by atoms with Crippen LogP contribution in [0.15, 0.2) is 24.3 Å². The topological polar surface area (TPSA) is 39.9 Å². The van der Waals surface area contributed by atoms with E-state index < -0.39 is 0 Å². The summed E-state index contributed by atoms with van der Waals surface area (Å²) in [7, 11) is 1.68. The number of benzene rings is 1. The lowest BCUT2D eigenvalue weighted by molar-refractivity contribution is 0.187. The first-order valence-electron chi connectivity index (χ1n) is 6.36. The van der Waals surface area contributed by atoms with Gasteiger partial charge in [0.25, 0.3) is 0 Å². The van der Waals surface area contributed by atoms with E-state index >= 15 is 0 Å². The maximum Gasteiger partial charge on any atom is 0.164 e. The predicted molar refractivity (Wildman–Crippen MR) is 76.3 cm³/mol. The van der Waals surface area contributed by atoms with Crippen molar-refractivity contribution in [3.63, 3.8) is 0 Å². The van der Waals surface area contributed by atoms with Crippen LogP contribution in [0.4, 0.5) is 0 Å². The molecule has 1 aromatic carbocycles. The molecule has 1 aromatic heterocycles. The Hall–Kier alpha value is -1.39. The summed E-state index contributed by atoms with van der Waals surface area (Å²) in [5.74, 6) is 1.97. The van der Waals surface area contributed by atoms with Crippen LogP contribution in [0.25, 0.3) is 11.4 Å². The van der Waals surface area contributed by atoms with Crippen molar-refractivity contribution < 1.29 is 4.74 Å². The maximum absolute atomic E-state index is 5.90. The highest BCUT2D eigenvalue weighted by atomic mass is 35.5. The molecule has 0 saturated heterocycles. The summed E-state index contributed by atoms with van der Waals surface area (Å²) in [6.07, 6.45) is 1.03. The second kappa shape index (κ2) is 6.68. The van der Waals surface area contributed by atoms with Crippen molar-refractivity contribution in [2.45, 2.75) is 25.8 Å². The standard InChI is InChI=1S/C14H18ClN3O/c1-3-11-4-6-12(7-5-11)14-17-16-13(10-15)18(14)8-9-19-2/h4-7H,3,8-10H2,1-2H3. The van der Waals surface area contributed by atoms with E-state index in [1.807, 2.05) is 4.57 Å². The Kier molecular flexibility index (Phi) is 4.93. The Balaban J connectivity index is 2.34. The molecular formula is C14H18ClN3O. The number of hydrogen-bond acceptors (Lipinski definition) is 3. The summed E-state index contributed by atoms with van der Waals surface area (Å²) in [6, 6.07) is 8.38. The van der Waals surface area contributed by atoms with Gasteiger partial charge in [-0.05, 0) is 12.0 Å². The second-order valence-electron chi connectivity index (χ2n) is 4.27. The molecule has 0 N–H and O–H groups in total. The van der Waals surface area contributed by atoms with Gasteiger partial charge in [0, 0.05) is 19.2 Å². The van der Waals surface area contributed by atoms with E-state index in [-0.39, 0.29) is 0 Å². The normalized spacial score (nSPS) is 10.9. The van der Waals surface area contributed by atoms with Crippen LogP contribution in [-0.4, -0.2) is 28.5 Å². The molecule has 0 fully saturated rings. The van der Waals surface area contributed by atoms with E-state index in [0.29, 0.717) is 19.0 Å². The van der Waals surface area contributed by atoms with Crippen molar-refractivity contribution in [2.24, 2.45) is 0 Å². The number of aromatic nitrogens is 3. The first-order chi connectivity index (χ1) is 9.30. The monoisotopic (exact) mass is 279 g/mol. The largest absolute Gasteiger partial charge is 0.383 e. The van der Waals surface area contributed by atoms with Gasteiger partial charge >= 0.3 is 0 Å². The molecule has 4 nitrogen and oxygen atoms in total. The number of methoxy groups -OCH3 is 1. The molecule has 0 bridgehead atoms. The fraction of sp³-hybridized carbons (Fsp3) is 0.429. The first kappa shape index (κ1) is 14.0. The summed E-state index contributed by atoms with van der Waals surface area (Å²) in [6.45, 7) is 3.46. The SMILES string of the molecule is CCc1ccc(-c2nnc(CCl)n2CCOC)cc1. The Bertz CT molecular complexity index is 522. The van der Waals surface area contributed by atoms with Crippen molar-refractivity contribution in [3.05, 3.63) is 35.7 Å². The van der Waals surface area contributed by atoms with Crippen LogP contribution in [0.2, 0.25) is 0 Å². The molecule has 2 rings (SSSR count). The summed E-state index contributed by atoms with van der Waals surface area (Å²) >= 11 is 5.90. The molecule has 0 spiro atoms. The van der Waals surface area contributed by atoms with Gasteiger partial charge in [0.2, 0.25) is 0 Å². The van der Waals surface area contributed by atoms with E-state index in [1.165, 1.54) is 5.56 Å². The van der Waals surface area contributed by atoms with E-state index in [1.54, 1.807) is 7.11 Å². The summed E-state index contributed by atoms with van der Waals surface area (Å²) < 4.78 is 7.13. The third kappa shape index (κ3) is 3.14. The third-order valence-electron chi connectivity index (χ3n) is 3.09. The Morgan fingerprint density at radius 3 is 2.53 bits per heavy atom. The van der Waals surface area contributed by atoms with Crippen LogP contribution in [-0.2, 0) is 23.6 Å². The zero-order valence-electron chi connectivity index (χ0n) is 11.3. The minimum atomic E-state index is 0.351. The van der Waals surface area contributed by atoms with Gasteiger partial charge in [0.15, 0.2) is 5.82 Å². The number of nitrogens with zero attached hydrogens (tertiary/aromatic N) is 3. The van der Waals surface area contributed by atoms with Gasteiger partial charge in [0.05, 0.1) is 12.5 Å². The highest BCUT2D eigenvalue weighted by Crippen LogP contribution is 2.20. The van der Waals surface area contributed by atoms with E-state index in [0.717, 1.165) is 23.6 Å². The molecule has 0 aliphatic heterocycles. The van der Waals surface area contributed by atoms with Crippen molar-refractivity contribution in [2.75, 3.05) is 13.7 Å². The number of ether oxygens (including phenoxy) is 1. The summed E-state index contributed by atoms with van der Waals surface area (Å²) in [5.41, 5.74) is 2.36. The van der Waals surface area contributed by atoms with Crippen molar-refractivity contribution in [3.8, 4) is 11.4 Å². The third-order valence-corrected chi connectivity index (χ3v) is 3.33. The van der Waals surface area contributed by atoms with Crippen LogP contribution in [0.5, 0.6) is 0 Å². The molecule has 0 aliphatic carbocycles. The molecule has 102 valence electrons. The van der Waals surface area contributed by atoms with Gasteiger partial charge in [-0.2, -0.15) is 0 Å². The van der Waals surface area contributed by atoms with Crippen LogP contribution >= 0.6 is 11.6 Å². The van der Waals surface area contributed by atoms with Gasteiger partial charge in [0.1, 0.15) is 5.82 Å². The number of halogens is 1. The molecule has 5 heteroatoms. The minimum absolute atomic E-state index is 0.351. The second-order valence-corrected chi connectivity index (χ2v) is 4.54. The van der Waals surface area contributed by atoms with Crippen LogP contribution in [0.1, 0.15) is 18.3 Å². The minimum Gasteiger partial charge on any atom is -0.383 e. The molecular weight excluding hydrogens is 262 g/mol. The lowest BCUT2D eigenvalue weighted by atomic mass is 10.1. The maximum atomic E-state index is 5.90. The van der Waals surface area contributed by atoms with E-state index in [4.69, 9.17) is 16.3 Å². The Morgan fingerprint density at radius 2 is 1.95 bits per heavy atom. The van der Waals surface area contributed by atoms with Crippen LogP contribution in [0.3, 0.4) is 0 Å². The van der Waals surface area contributed by atoms with Gasteiger partial charge in [-0.15, -0.1) is 21.8 Å². The average Bonchev–Trinajstić information content (AvgIpc) is 2.88. The fourth-order valence-electron chi connectivity index (χ4n) is 1.95. The Labute approximate surface area is 118 Å². The van der Waals surface area contributed by atoms with Gasteiger partial charge < -0.3 is 9.30 Å². The highest BCUT2D eigenvalue weighted by Gasteiger charge is 2.12. The molecule has 0 atom stereocenters. The predicted octanol–water partition coefficient (Wildman–Crippen LogP) is 2.89. The molecule has 0 aliphatic rings. The lowest BCUT2D eigenvalue weighted by Crippen LogP contribution is -2.09. The van der Waals surface area contributed by atoms with Gasteiger partial charge in [-0.25, -0.2) is 0 Å². The smallest absolute Gasteiger partial charge is 0.164 e. The molecule has 19 heavy (non-hydrogen) atoms. The van der Waals surface area contributed by atoms with Gasteiger partial charge in [-0.3, -0.25) is 0 Å². The van der Waals surface area contributed by atoms with Crippen LogP contribution in [0, 0.1) is 0 Å². The van der Waals surface area contributed by atoms with Crippen molar-refractivity contribution >= 4 is 11.6 Å². The zero-order chi connectivity index (χ0) is 13.7. The highest BCUT2D eigenvalue weighted by molar-refractivity contribution is 6.16. The quantitative estimate of drug-likeness (QED) is 0.764. The van der Waals surface area contributed by atoms with Gasteiger partial charge in [-0.1, -0.05) is 31.2 Å². The molecule has 0 amide bonds. The van der Waals surface area contributed by atoms with E-state index in [9.17, 15) is 0 Å². The molecule has 1 heterocycles. The fourth-order valence-corrected chi connectivity index (χ4v) is 2.15. The average molecular weight is 280 g/mol. The van der Waals surface area contributed by atoms with Crippen molar-refractivity contribution in [1.82, 2.24) is 14.8 Å². The Morgan fingerprint density at radius 1 is 1.21 bits per heavy atom. The lowest BCUT2D eigenvalue weighted by Gasteiger charge is -2.09. The van der Waals surface area contributed by atoms with E-state index in [2.05, 4.69) is 41.4 Å². The molecule has 0 radical (unpaired) electrons. The molecule has 2 aromatic rings. The van der Waals surface area contributed by atoms with Crippen molar-refractivity contribution in [1.29, 1.82) is 0 Å². The summed E-state index contributed by atoms with van der Waals surface area (Å²) in [5, 5.41) is 8.37. The van der Waals surface area contributed by atoms with Crippen LogP contribution < -0.4 is 0 Å². The molecule has 0 unspecified atom stereocenters. The molecule has 0 saturated carbocycles. The number of alkyl halides is 1. The summed E-state index contributed by atoms with van der Waals surface area (Å²) in [4.78, 5) is 0. The number of rotatable bonds is 6.